The molecule has 2 aliphatic rings. The Morgan fingerprint density at radius 1 is 1.40 bits per heavy atom. The highest BCUT2D eigenvalue weighted by Gasteiger charge is 2.21. The van der Waals surface area contributed by atoms with Gasteiger partial charge in [-0.25, -0.2) is 14.6 Å². The van der Waals surface area contributed by atoms with Gasteiger partial charge in [-0.15, -0.1) is 0 Å². The highest BCUT2D eigenvalue weighted by atomic mass is 16.3. The Labute approximate surface area is 142 Å². The molecule has 1 aromatic heterocycles. The van der Waals surface area contributed by atoms with E-state index in [0.717, 1.165) is 5.52 Å². The molecule has 0 saturated heterocycles. The van der Waals surface area contributed by atoms with Crippen LogP contribution in [-0.2, 0) is 0 Å². The average molecular weight is 337 g/mol. The molecule has 0 fully saturated rings. The molecule has 1 unspecified atom stereocenters. The van der Waals surface area contributed by atoms with E-state index in [2.05, 4.69) is 25.9 Å². The maximum atomic E-state index is 12.1. The molecule has 1 atom stereocenters. The van der Waals surface area contributed by atoms with Crippen LogP contribution < -0.4 is 16.0 Å². The Kier molecular flexibility index (Phi) is 3.57. The molecule has 8 nitrogen and oxygen atoms in total. The van der Waals surface area contributed by atoms with Crippen molar-refractivity contribution in [2.24, 2.45) is 10.9 Å². The van der Waals surface area contributed by atoms with Crippen LogP contribution in [0.3, 0.4) is 0 Å². The van der Waals surface area contributed by atoms with Crippen molar-refractivity contribution in [1.82, 2.24) is 15.6 Å². The summed E-state index contributed by atoms with van der Waals surface area (Å²) < 4.78 is 5.45. The maximum absolute atomic E-state index is 12.1. The quantitative estimate of drug-likeness (QED) is 0.799. The molecule has 0 radical (unpaired) electrons. The van der Waals surface area contributed by atoms with Crippen molar-refractivity contribution in [3.8, 4) is 0 Å². The molecular weight excluding hydrogens is 322 g/mol. The number of nitrogens with one attached hydrogen (secondary N) is 3. The van der Waals surface area contributed by atoms with Crippen LogP contribution in [0.25, 0.3) is 11.1 Å². The maximum Gasteiger partial charge on any atom is 0.346 e. The summed E-state index contributed by atoms with van der Waals surface area (Å²) in [6.07, 6.45) is 5.54. The van der Waals surface area contributed by atoms with Crippen LogP contribution in [0.4, 0.5) is 15.3 Å². The summed E-state index contributed by atoms with van der Waals surface area (Å²) in [5, 5.41) is 8.22. The molecule has 8 heteroatoms. The van der Waals surface area contributed by atoms with E-state index in [-0.39, 0.29) is 18.0 Å². The van der Waals surface area contributed by atoms with Crippen LogP contribution in [-0.4, -0.2) is 29.3 Å². The lowest BCUT2D eigenvalue weighted by atomic mass is 10.0. The van der Waals surface area contributed by atoms with Crippen molar-refractivity contribution >= 4 is 34.6 Å². The highest BCUT2D eigenvalue weighted by molar-refractivity contribution is 6.18. The SMILES string of the molecule is Cc1nc2ccc(NC(=O)NCC3C=CC4=NC(=O)NC4=C3)cc2o1. The molecule has 0 spiro atoms. The molecule has 2 heterocycles. The van der Waals surface area contributed by atoms with E-state index in [1.54, 1.807) is 31.2 Å². The predicted octanol–water partition coefficient (Wildman–Crippen LogP) is 2.49. The molecule has 2 aromatic rings. The number of anilines is 1. The number of fused-ring (bicyclic) bond motifs is 2. The average Bonchev–Trinajstić information content (AvgIpc) is 3.12. The third kappa shape index (κ3) is 3.14. The number of aromatic nitrogens is 1. The third-order valence-electron chi connectivity index (χ3n) is 3.87. The molecule has 25 heavy (non-hydrogen) atoms. The Balaban J connectivity index is 1.35. The van der Waals surface area contributed by atoms with Crippen molar-refractivity contribution in [2.75, 3.05) is 11.9 Å². The molecule has 3 N–H and O–H groups in total. The van der Waals surface area contributed by atoms with Gasteiger partial charge in [0, 0.05) is 31.1 Å². The lowest BCUT2D eigenvalue weighted by molar-refractivity contribution is 0.251. The van der Waals surface area contributed by atoms with Gasteiger partial charge in [0.15, 0.2) is 11.5 Å². The minimum absolute atomic E-state index is 0.0162. The summed E-state index contributed by atoms with van der Waals surface area (Å²) in [5.41, 5.74) is 3.31. The minimum atomic E-state index is -0.365. The van der Waals surface area contributed by atoms with Crippen LogP contribution >= 0.6 is 0 Å². The van der Waals surface area contributed by atoms with Gasteiger partial charge in [-0.05, 0) is 24.3 Å². The van der Waals surface area contributed by atoms with Gasteiger partial charge < -0.3 is 20.4 Å². The standard InChI is InChI=1S/C17H15N5O3/c1-9-19-13-5-3-11(7-15(13)25-9)20-16(23)18-8-10-2-4-12-14(6-10)22-17(24)21-12/h2-7,10H,8H2,1H3,(H,22,24)(H2,18,20,23). The molecule has 4 rings (SSSR count). The van der Waals surface area contributed by atoms with Gasteiger partial charge in [0.1, 0.15) is 5.52 Å². The second-order valence-corrected chi connectivity index (χ2v) is 5.78. The highest BCUT2D eigenvalue weighted by Crippen LogP contribution is 2.20. The summed E-state index contributed by atoms with van der Waals surface area (Å²) in [6, 6.07) is 4.60. The van der Waals surface area contributed by atoms with Gasteiger partial charge in [-0.1, -0.05) is 6.08 Å². The normalized spacial score (nSPS) is 18.4. The first-order valence-electron chi connectivity index (χ1n) is 7.79. The van der Waals surface area contributed by atoms with E-state index >= 15 is 0 Å². The van der Waals surface area contributed by atoms with Crippen molar-refractivity contribution < 1.29 is 14.0 Å². The number of amides is 4. The first kappa shape index (κ1) is 15.1. The Bertz CT molecular complexity index is 970. The van der Waals surface area contributed by atoms with Crippen LogP contribution in [0.5, 0.6) is 0 Å². The number of benzene rings is 1. The van der Waals surface area contributed by atoms with Crippen molar-refractivity contribution in [2.45, 2.75) is 6.92 Å². The molecule has 0 saturated carbocycles. The van der Waals surface area contributed by atoms with Gasteiger partial charge in [-0.3, -0.25) is 0 Å². The summed E-state index contributed by atoms with van der Waals surface area (Å²) in [4.78, 5) is 31.3. The number of oxazole rings is 1. The van der Waals surface area contributed by atoms with Gasteiger partial charge >= 0.3 is 12.1 Å². The number of urea groups is 2. The first-order valence-corrected chi connectivity index (χ1v) is 7.79. The van der Waals surface area contributed by atoms with Crippen LogP contribution in [0.1, 0.15) is 5.89 Å². The molecule has 1 aromatic carbocycles. The number of allylic oxidation sites excluding steroid dienone is 1. The van der Waals surface area contributed by atoms with Crippen molar-refractivity contribution in [1.29, 1.82) is 0 Å². The van der Waals surface area contributed by atoms with Gasteiger partial charge in [0.05, 0.1) is 11.4 Å². The number of rotatable bonds is 3. The lowest BCUT2D eigenvalue weighted by Crippen LogP contribution is -2.33. The van der Waals surface area contributed by atoms with Crippen LogP contribution in [0.15, 0.2) is 51.5 Å². The molecule has 126 valence electrons. The van der Waals surface area contributed by atoms with E-state index in [4.69, 9.17) is 4.42 Å². The number of carbonyl (C=O) groups is 2. The topological polar surface area (TPSA) is 109 Å². The molecule has 1 aliphatic carbocycles. The Morgan fingerprint density at radius 3 is 3.16 bits per heavy atom. The zero-order chi connectivity index (χ0) is 17.4. The van der Waals surface area contributed by atoms with Gasteiger partial charge in [0.2, 0.25) is 0 Å². The minimum Gasteiger partial charge on any atom is -0.441 e. The fourth-order valence-corrected chi connectivity index (χ4v) is 2.75. The number of hydrogen-bond acceptors (Lipinski definition) is 4. The Hall–Kier alpha value is -3.42. The zero-order valence-electron chi connectivity index (χ0n) is 13.4. The first-order chi connectivity index (χ1) is 12.1. The van der Waals surface area contributed by atoms with E-state index in [0.29, 0.717) is 35.1 Å². The fraction of sp³-hybridized carbons (Fsp3) is 0.176. The summed E-state index contributed by atoms with van der Waals surface area (Å²) in [7, 11) is 0. The number of aliphatic imine (C=N–C) groups is 1. The van der Waals surface area contributed by atoms with Crippen molar-refractivity contribution in [3.05, 3.63) is 48.0 Å². The van der Waals surface area contributed by atoms with Crippen LogP contribution in [0, 0.1) is 12.8 Å². The number of hydrogen-bond donors (Lipinski definition) is 3. The molecule has 1 aliphatic heterocycles. The van der Waals surface area contributed by atoms with Gasteiger partial charge in [0.25, 0.3) is 0 Å². The smallest absolute Gasteiger partial charge is 0.346 e. The molecule has 4 amide bonds. The van der Waals surface area contributed by atoms with E-state index < -0.39 is 0 Å². The van der Waals surface area contributed by atoms with Gasteiger partial charge in [-0.2, -0.15) is 4.99 Å². The largest absolute Gasteiger partial charge is 0.441 e. The summed E-state index contributed by atoms with van der Waals surface area (Å²) in [5.74, 6) is 0.563. The van der Waals surface area contributed by atoms with Crippen LogP contribution in [0.2, 0.25) is 0 Å². The summed E-state index contributed by atoms with van der Waals surface area (Å²) in [6.45, 7) is 2.17. The molecule has 0 bridgehead atoms. The second-order valence-electron chi connectivity index (χ2n) is 5.78. The monoisotopic (exact) mass is 337 g/mol. The fourth-order valence-electron chi connectivity index (χ4n) is 2.75. The second kappa shape index (κ2) is 5.90. The van der Waals surface area contributed by atoms with E-state index in [1.807, 2.05) is 12.2 Å². The number of aryl methyl sites for hydroxylation is 1. The Morgan fingerprint density at radius 2 is 2.28 bits per heavy atom. The predicted molar refractivity (Wildman–Crippen MR) is 92.4 cm³/mol. The summed E-state index contributed by atoms with van der Waals surface area (Å²) >= 11 is 0. The number of nitrogens with zero attached hydrogens (tertiary/aromatic N) is 2. The van der Waals surface area contributed by atoms with E-state index in [1.165, 1.54) is 0 Å². The zero-order valence-corrected chi connectivity index (χ0v) is 13.4. The van der Waals surface area contributed by atoms with E-state index in [9.17, 15) is 9.59 Å². The lowest BCUT2D eigenvalue weighted by Gasteiger charge is -2.15. The van der Waals surface area contributed by atoms with Crippen molar-refractivity contribution in [3.63, 3.8) is 0 Å². The third-order valence-corrected chi connectivity index (χ3v) is 3.87. The molecular formula is C17H15N5O3. The number of carbonyl (C=O) groups excluding carboxylic acids is 2.